The van der Waals surface area contributed by atoms with Crippen LogP contribution in [-0.4, -0.2) is 14.5 Å². The number of fused-ring (bicyclic) bond motifs is 1. The van der Waals surface area contributed by atoms with Crippen molar-refractivity contribution in [1.82, 2.24) is 14.5 Å². The average Bonchev–Trinajstić information content (AvgIpc) is 3.11. The van der Waals surface area contributed by atoms with Crippen LogP contribution >= 0.6 is 22.9 Å². The van der Waals surface area contributed by atoms with Gasteiger partial charge in [-0.25, -0.2) is 14.4 Å². The lowest BCUT2D eigenvalue weighted by molar-refractivity contribution is 0.305. The third-order valence-electron chi connectivity index (χ3n) is 3.89. The van der Waals surface area contributed by atoms with E-state index in [-0.39, 0.29) is 18.0 Å². The molecule has 0 unspecified atom stereocenters. The van der Waals surface area contributed by atoms with Crippen molar-refractivity contribution in [3.05, 3.63) is 86.1 Å². The highest BCUT2D eigenvalue weighted by atomic mass is 35.5. The molecule has 0 fully saturated rings. The highest BCUT2D eigenvalue weighted by molar-refractivity contribution is 7.09. The van der Waals surface area contributed by atoms with Crippen LogP contribution in [-0.2, 0) is 13.2 Å². The Hall–Kier alpha value is -2.77. The van der Waals surface area contributed by atoms with Gasteiger partial charge < -0.3 is 4.74 Å². The molecule has 0 N–H and O–H groups in total. The van der Waals surface area contributed by atoms with Crippen molar-refractivity contribution in [1.29, 1.82) is 0 Å². The highest BCUT2D eigenvalue weighted by Gasteiger charge is 2.08. The highest BCUT2D eigenvalue weighted by Crippen LogP contribution is 2.17. The molecule has 2 heterocycles. The van der Waals surface area contributed by atoms with E-state index < -0.39 is 0 Å². The topological polar surface area (TPSA) is 57.0 Å². The number of aromatic nitrogens is 3. The van der Waals surface area contributed by atoms with Gasteiger partial charge in [-0.3, -0.25) is 9.36 Å². The molecule has 4 rings (SSSR count). The molecule has 0 aliphatic carbocycles. The number of thiazole rings is 1. The van der Waals surface area contributed by atoms with Crippen LogP contribution in [0.15, 0.2) is 59.0 Å². The molecule has 8 heteroatoms. The van der Waals surface area contributed by atoms with Crippen LogP contribution in [0.1, 0.15) is 10.7 Å². The molecule has 2 aromatic carbocycles. The van der Waals surface area contributed by atoms with Gasteiger partial charge in [-0.2, -0.15) is 0 Å². The Labute approximate surface area is 162 Å². The number of nitrogens with zero attached hydrogens (tertiary/aromatic N) is 3. The fourth-order valence-electron chi connectivity index (χ4n) is 2.58. The number of hydrogen-bond acceptors (Lipinski definition) is 5. The molecule has 0 amide bonds. The van der Waals surface area contributed by atoms with Gasteiger partial charge in [-0.15, -0.1) is 11.3 Å². The molecule has 0 saturated heterocycles. The van der Waals surface area contributed by atoms with Crippen molar-refractivity contribution in [3.63, 3.8) is 0 Å². The molecule has 2 aromatic heterocycles. The Morgan fingerprint density at radius 3 is 2.81 bits per heavy atom. The molecular weight excluding hydrogens is 389 g/mol. The van der Waals surface area contributed by atoms with Crippen molar-refractivity contribution < 1.29 is 9.13 Å². The number of halogens is 2. The lowest BCUT2D eigenvalue weighted by Crippen LogP contribution is -2.21. The van der Waals surface area contributed by atoms with Crippen molar-refractivity contribution >= 4 is 33.8 Å². The summed E-state index contributed by atoms with van der Waals surface area (Å²) in [5.74, 6) is 0.261. The lowest BCUT2D eigenvalue weighted by atomic mass is 10.2. The van der Waals surface area contributed by atoms with E-state index in [1.807, 2.05) is 5.38 Å². The van der Waals surface area contributed by atoms with E-state index in [2.05, 4.69) is 9.97 Å². The minimum absolute atomic E-state index is 0.145. The van der Waals surface area contributed by atoms with E-state index in [0.717, 1.165) is 10.7 Å². The molecule has 5 nitrogen and oxygen atoms in total. The summed E-state index contributed by atoms with van der Waals surface area (Å²) in [5.41, 5.74) is 1.17. The van der Waals surface area contributed by atoms with Crippen LogP contribution < -0.4 is 10.3 Å². The predicted molar refractivity (Wildman–Crippen MR) is 103 cm³/mol. The SMILES string of the molecule is O=c1c2ccc(Cl)cc2ncn1Cc1csc(COc2ccc(F)cc2)n1. The molecule has 0 aliphatic rings. The van der Waals surface area contributed by atoms with Crippen molar-refractivity contribution in [2.24, 2.45) is 0 Å². The summed E-state index contributed by atoms with van der Waals surface area (Å²) < 4.78 is 20.0. The minimum Gasteiger partial charge on any atom is -0.486 e. The lowest BCUT2D eigenvalue weighted by Gasteiger charge is -2.05. The number of rotatable bonds is 5. The first-order valence-corrected chi connectivity index (χ1v) is 9.30. The van der Waals surface area contributed by atoms with E-state index in [1.165, 1.54) is 34.4 Å². The summed E-state index contributed by atoms with van der Waals surface area (Å²) in [6, 6.07) is 10.8. The molecule has 0 atom stereocenters. The molecule has 0 aliphatic heterocycles. The maximum Gasteiger partial charge on any atom is 0.261 e. The summed E-state index contributed by atoms with van der Waals surface area (Å²) in [5, 5.41) is 3.69. The summed E-state index contributed by atoms with van der Waals surface area (Å²) in [6.07, 6.45) is 1.50. The van der Waals surface area contributed by atoms with Gasteiger partial charge in [-0.1, -0.05) is 11.6 Å². The second kappa shape index (κ2) is 7.46. The second-order valence-corrected chi connectivity index (χ2v) is 7.19. The Balaban J connectivity index is 1.48. The molecule has 4 aromatic rings. The number of benzene rings is 2. The Bertz CT molecular complexity index is 1160. The summed E-state index contributed by atoms with van der Waals surface area (Å²) in [7, 11) is 0. The van der Waals surface area contributed by atoms with Crippen LogP contribution in [0.25, 0.3) is 10.9 Å². The third-order valence-corrected chi connectivity index (χ3v) is 5.00. The molecule has 0 spiro atoms. The average molecular weight is 402 g/mol. The van der Waals surface area contributed by atoms with Crippen LogP contribution in [0.3, 0.4) is 0 Å². The Morgan fingerprint density at radius 1 is 1.19 bits per heavy atom. The largest absolute Gasteiger partial charge is 0.486 e. The van der Waals surface area contributed by atoms with Gasteiger partial charge in [0.15, 0.2) is 0 Å². The van der Waals surface area contributed by atoms with Gasteiger partial charge in [0.25, 0.3) is 5.56 Å². The summed E-state index contributed by atoms with van der Waals surface area (Å²) in [6.45, 7) is 0.594. The molecule has 0 saturated carbocycles. The van der Waals surface area contributed by atoms with Gasteiger partial charge in [0.2, 0.25) is 0 Å². The Kier molecular flexibility index (Phi) is 4.87. The molecule has 136 valence electrons. The molecule has 0 bridgehead atoms. The zero-order valence-electron chi connectivity index (χ0n) is 13.9. The smallest absolute Gasteiger partial charge is 0.261 e. The van der Waals surface area contributed by atoms with Crippen molar-refractivity contribution in [2.45, 2.75) is 13.2 Å². The summed E-state index contributed by atoms with van der Waals surface area (Å²) >= 11 is 7.38. The quantitative estimate of drug-likeness (QED) is 0.501. The van der Waals surface area contributed by atoms with Crippen LogP contribution in [0.4, 0.5) is 4.39 Å². The Morgan fingerprint density at radius 2 is 2.00 bits per heavy atom. The zero-order chi connectivity index (χ0) is 18.8. The van der Waals surface area contributed by atoms with E-state index in [0.29, 0.717) is 28.2 Å². The maximum absolute atomic E-state index is 12.9. The van der Waals surface area contributed by atoms with Gasteiger partial charge in [0, 0.05) is 10.4 Å². The first kappa shape index (κ1) is 17.6. The van der Waals surface area contributed by atoms with E-state index >= 15 is 0 Å². The maximum atomic E-state index is 12.9. The zero-order valence-corrected chi connectivity index (χ0v) is 15.5. The van der Waals surface area contributed by atoms with Crippen LogP contribution in [0.5, 0.6) is 5.75 Å². The van der Waals surface area contributed by atoms with Crippen molar-refractivity contribution in [3.8, 4) is 5.75 Å². The molecule has 0 radical (unpaired) electrons. The number of ether oxygens (including phenoxy) is 1. The van der Waals surface area contributed by atoms with Gasteiger partial charge in [0.1, 0.15) is 23.2 Å². The van der Waals surface area contributed by atoms with Crippen LogP contribution in [0.2, 0.25) is 5.02 Å². The van der Waals surface area contributed by atoms with E-state index in [1.54, 1.807) is 30.3 Å². The normalized spacial score (nSPS) is 11.0. The van der Waals surface area contributed by atoms with Gasteiger partial charge in [0.05, 0.1) is 29.5 Å². The standard InChI is InChI=1S/C19H13ClFN3O2S/c20-12-1-6-16-17(7-12)22-11-24(19(16)25)8-14-10-27-18(23-14)9-26-15-4-2-13(21)3-5-15/h1-7,10-11H,8-9H2. The first-order valence-electron chi connectivity index (χ1n) is 8.05. The monoisotopic (exact) mass is 401 g/mol. The van der Waals surface area contributed by atoms with E-state index in [4.69, 9.17) is 16.3 Å². The first-order chi connectivity index (χ1) is 13.1. The molecule has 27 heavy (non-hydrogen) atoms. The summed E-state index contributed by atoms with van der Waals surface area (Å²) in [4.78, 5) is 21.4. The van der Waals surface area contributed by atoms with Gasteiger partial charge in [-0.05, 0) is 42.5 Å². The predicted octanol–water partition coefficient (Wildman–Crippen LogP) is 4.27. The van der Waals surface area contributed by atoms with Crippen molar-refractivity contribution in [2.75, 3.05) is 0 Å². The second-order valence-electron chi connectivity index (χ2n) is 5.81. The number of hydrogen-bond donors (Lipinski definition) is 0. The minimum atomic E-state index is -0.310. The van der Waals surface area contributed by atoms with Crippen LogP contribution in [0, 0.1) is 5.82 Å². The fourth-order valence-corrected chi connectivity index (χ4v) is 3.44. The third kappa shape index (κ3) is 3.99. The van der Waals surface area contributed by atoms with E-state index in [9.17, 15) is 9.18 Å². The fraction of sp³-hybridized carbons (Fsp3) is 0.105. The van der Waals surface area contributed by atoms with Gasteiger partial charge >= 0.3 is 0 Å². The molecular formula is C19H13ClFN3O2S.